The molecule has 6 nitrogen and oxygen atoms in total. The number of carbonyl (C=O) groups is 2. The molecule has 0 spiro atoms. The molecular formula is C14H18N2O4. The Morgan fingerprint density at radius 3 is 2.90 bits per heavy atom. The maximum atomic E-state index is 12.1. The molecule has 2 heterocycles. The largest absolute Gasteiger partial charge is 0.479 e. The highest BCUT2D eigenvalue weighted by Gasteiger charge is 2.32. The standard InChI is InChI=1S/C14H18N2O4/c1-10-8-16(9-12(20-10)14(18)19)13(17)6-5-11-4-2-3-7-15-11/h2-4,7,10,12H,5-6,8-9H2,1H3,(H,18,19)/t10-,12?/m1/s1. The minimum atomic E-state index is -1.03. The number of nitrogens with zero attached hydrogens (tertiary/aromatic N) is 2. The highest BCUT2D eigenvalue weighted by Crippen LogP contribution is 2.13. The van der Waals surface area contributed by atoms with Crippen LogP contribution in [0.3, 0.4) is 0 Å². The van der Waals surface area contributed by atoms with E-state index in [4.69, 9.17) is 9.84 Å². The topological polar surface area (TPSA) is 79.7 Å². The van der Waals surface area contributed by atoms with E-state index in [9.17, 15) is 9.59 Å². The molecule has 6 heteroatoms. The first-order valence-corrected chi connectivity index (χ1v) is 6.62. The maximum Gasteiger partial charge on any atom is 0.334 e. The van der Waals surface area contributed by atoms with Crippen LogP contribution >= 0.6 is 0 Å². The van der Waals surface area contributed by atoms with Gasteiger partial charge in [-0.2, -0.15) is 0 Å². The summed E-state index contributed by atoms with van der Waals surface area (Å²) in [5.74, 6) is -1.09. The van der Waals surface area contributed by atoms with Gasteiger partial charge in [0.2, 0.25) is 5.91 Å². The zero-order valence-corrected chi connectivity index (χ0v) is 11.4. The molecule has 0 bridgehead atoms. The predicted octanol–water partition coefficient (Wildman–Crippen LogP) is 0.715. The van der Waals surface area contributed by atoms with E-state index in [1.165, 1.54) is 0 Å². The Labute approximate surface area is 117 Å². The number of carboxylic acid groups (broad SMARTS) is 1. The van der Waals surface area contributed by atoms with Crippen molar-refractivity contribution in [2.24, 2.45) is 0 Å². The lowest BCUT2D eigenvalue weighted by molar-refractivity contribution is -0.166. The van der Waals surface area contributed by atoms with Crippen LogP contribution in [-0.4, -0.2) is 52.2 Å². The Morgan fingerprint density at radius 2 is 2.25 bits per heavy atom. The Hall–Kier alpha value is -1.95. The van der Waals surface area contributed by atoms with Gasteiger partial charge in [-0.15, -0.1) is 0 Å². The minimum Gasteiger partial charge on any atom is -0.479 e. The number of carboxylic acids is 1. The Kier molecular flexibility index (Phi) is 4.68. The third kappa shape index (κ3) is 3.77. The average Bonchev–Trinajstić information content (AvgIpc) is 2.45. The van der Waals surface area contributed by atoms with Crippen molar-refractivity contribution in [1.29, 1.82) is 0 Å². The molecule has 1 unspecified atom stereocenters. The predicted molar refractivity (Wildman–Crippen MR) is 71.1 cm³/mol. The van der Waals surface area contributed by atoms with Crippen molar-refractivity contribution in [2.45, 2.75) is 32.0 Å². The molecule has 0 saturated carbocycles. The van der Waals surface area contributed by atoms with Crippen LogP contribution in [0, 0.1) is 0 Å². The van der Waals surface area contributed by atoms with E-state index in [0.29, 0.717) is 19.4 Å². The van der Waals surface area contributed by atoms with Gasteiger partial charge in [-0.3, -0.25) is 9.78 Å². The van der Waals surface area contributed by atoms with Gasteiger partial charge in [0.15, 0.2) is 6.10 Å². The number of hydrogen-bond acceptors (Lipinski definition) is 4. The molecule has 1 aliphatic rings. The van der Waals surface area contributed by atoms with Crippen LogP contribution in [0.25, 0.3) is 0 Å². The third-order valence-corrected chi connectivity index (χ3v) is 3.21. The fraction of sp³-hybridized carbons (Fsp3) is 0.500. The minimum absolute atomic E-state index is 0.0583. The number of pyridine rings is 1. The number of amides is 1. The fourth-order valence-electron chi connectivity index (χ4n) is 2.23. The number of morpholine rings is 1. The lowest BCUT2D eigenvalue weighted by Crippen LogP contribution is -2.51. The molecule has 0 aromatic carbocycles. The van der Waals surface area contributed by atoms with E-state index in [-0.39, 0.29) is 18.6 Å². The first-order valence-electron chi connectivity index (χ1n) is 6.62. The van der Waals surface area contributed by atoms with Gasteiger partial charge in [0.05, 0.1) is 12.6 Å². The number of rotatable bonds is 4. The van der Waals surface area contributed by atoms with E-state index in [1.54, 1.807) is 18.0 Å². The van der Waals surface area contributed by atoms with Crippen LogP contribution in [0.15, 0.2) is 24.4 Å². The van der Waals surface area contributed by atoms with Crippen molar-refractivity contribution in [3.63, 3.8) is 0 Å². The molecule has 1 N–H and O–H groups in total. The summed E-state index contributed by atoms with van der Waals surface area (Å²) >= 11 is 0. The second-order valence-corrected chi connectivity index (χ2v) is 4.89. The van der Waals surface area contributed by atoms with Gasteiger partial charge in [0.1, 0.15) is 0 Å². The van der Waals surface area contributed by atoms with Crippen LogP contribution in [0.1, 0.15) is 19.0 Å². The van der Waals surface area contributed by atoms with Crippen molar-refractivity contribution in [3.8, 4) is 0 Å². The maximum absolute atomic E-state index is 12.1. The van der Waals surface area contributed by atoms with Crippen LogP contribution in [-0.2, 0) is 20.7 Å². The SMILES string of the molecule is C[C@@H]1CN(C(=O)CCc2ccccn2)CC(C(=O)O)O1. The number of hydrogen-bond donors (Lipinski definition) is 1. The summed E-state index contributed by atoms with van der Waals surface area (Å²) in [4.78, 5) is 28.8. The molecule has 1 fully saturated rings. The molecule has 108 valence electrons. The van der Waals surface area contributed by atoms with Crippen molar-refractivity contribution in [3.05, 3.63) is 30.1 Å². The lowest BCUT2D eigenvalue weighted by Gasteiger charge is -2.35. The summed E-state index contributed by atoms with van der Waals surface area (Å²) in [5.41, 5.74) is 0.858. The van der Waals surface area contributed by atoms with Gasteiger partial charge >= 0.3 is 5.97 Å². The van der Waals surface area contributed by atoms with Gasteiger partial charge in [-0.1, -0.05) is 6.07 Å². The quantitative estimate of drug-likeness (QED) is 0.877. The van der Waals surface area contributed by atoms with E-state index in [1.807, 2.05) is 18.2 Å². The molecule has 0 aliphatic carbocycles. The van der Waals surface area contributed by atoms with Gasteiger partial charge in [0.25, 0.3) is 0 Å². The second kappa shape index (κ2) is 6.47. The second-order valence-electron chi connectivity index (χ2n) is 4.89. The summed E-state index contributed by atoms with van der Waals surface area (Å²) in [6.07, 6.45) is 1.39. The van der Waals surface area contributed by atoms with Crippen molar-refractivity contribution < 1.29 is 19.4 Å². The Balaban J connectivity index is 1.90. The molecular weight excluding hydrogens is 260 g/mol. The smallest absolute Gasteiger partial charge is 0.334 e. The number of carbonyl (C=O) groups excluding carboxylic acids is 1. The lowest BCUT2D eigenvalue weighted by atomic mass is 10.1. The molecule has 0 radical (unpaired) electrons. The van der Waals surface area contributed by atoms with Gasteiger partial charge in [0, 0.05) is 24.9 Å². The monoisotopic (exact) mass is 278 g/mol. The Bertz CT molecular complexity index is 477. The molecule has 20 heavy (non-hydrogen) atoms. The van der Waals surface area contributed by atoms with Crippen molar-refractivity contribution in [1.82, 2.24) is 9.88 Å². The summed E-state index contributed by atoms with van der Waals surface area (Å²) in [6, 6.07) is 5.58. The van der Waals surface area contributed by atoms with Gasteiger partial charge < -0.3 is 14.7 Å². The van der Waals surface area contributed by atoms with Gasteiger partial charge in [-0.25, -0.2) is 4.79 Å². The summed E-state index contributed by atoms with van der Waals surface area (Å²) in [6.45, 7) is 2.32. The molecule has 1 amide bonds. The van der Waals surface area contributed by atoms with Crippen LogP contribution in [0.4, 0.5) is 0 Å². The number of ether oxygens (including phenoxy) is 1. The zero-order chi connectivity index (χ0) is 14.5. The van der Waals surface area contributed by atoms with E-state index in [0.717, 1.165) is 5.69 Å². The normalized spacial score (nSPS) is 22.6. The average molecular weight is 278 g/mol. The summed E-state index contributed by atoms with van der Waals surface area (Å²) < 4.78 is 5.29. The highest BCUT2D eigenvalue weighted by atomic mass is 16.5. The van der Waals surface area contributed by atoms with Crippen molar-refractivity contribution in [2.75, 3.05) is 13.1 Å². The fourth-order valence-corrected chi connectivity index (χ4v) is 2.23. The number of aliphatic carboxylic acids is 1. The summed E-state index contributed by atoms with van der Waals surface area (Å²) in [7, 11) is 0. The van der Waals surface area contributed by atoms with Crippen LogP contribution in [0.5, 0.6) is 0 Å². The molecule has 2 atom stereocenters. The van der Waals surface area contributed by atoms with Crippen LogP contribution in [0.2, 0.25) is 0 Å². The third-order valence-electron chi connectivity index (χ3n) is 3.21. The molecule has 2 rings (SSSR count). The van der Waals surface area contributed by atoms with Crippen LogP contribution < -0.4 is 0 Å². The molecule has 1 aromatic heterocycles. The highest BCUT2D eigenvalue weighted by molar-refractivity contribution is 5.78. The molecule has 1 aliphatic heterocycles. The van der Waals surface area contributed by atoms with E-state index < -0.39 is 12.1 Å². The number of aromatic nitrogens is 1. The van der Waals surface area contributed by atoms with E-state index >= 15 is 0 Å². The van der Waals surface area contributed by atoms with E-state index in [2.05, 4.69) is 4.98 Å². The first-order chi connectivity index (χ1) is 9.56. The first kappa shape index (κ1) is 14.5. The Morgan fingerprint density at radius 1 is 1.45 bits per heavy atom. The van der Waals surface area contributed by atoms with Gasteiger partial charge in [-0.05, 0) is 25.5 Å². The number of aryl methyl sites for hydroxylation is 1. The van der Waals surface area contributed by atoms with Crippen molar-refractivity contribution >= 4 is 11.9 Å². The molecule has 1 saturated heterocycles. The zero-order valence-electron chi connectivity index (χ0n) is 11.4. The summed E-state index contributed by atoms with van der Waals surface area (Å²) in [5, 5.41) is 8.99. The molecule has 1 aromatic rings.